The van der Waals surface area contributed by atoms with Crippen molar-refractivity contribution in [1.29, 1.82) is 0 Å². The maximum Gasteiger partial charge on any atom is 0.226 e. The van der Waals surface area contributed by atoms with E-state index in [4.69, 9.17) is 16.3 Å². The van der Waals surface area contributed by atoms with Crippen molar-refractivity contribution in [2.45, 2.75) is 19.3 Å². The van der Waals surface area contributed by atoms with Gasteiger partial charge in [0.25, 0.3) is 0 Å². The van der Waals surface area contributed by atoms with E-state index in [0.29, 0.717) is 24.6 Å². The number of amides is 1. The second-order valence-corrected chi connectivity index (χ2v) is 8.31. The van der Waals surface area contributed by atoms with Gasteiger partial charge in [0, 0.05) is 36.7 Å². The molecule has 4 heterocycles. The van der Waals surface area contributed by atoms with Gasteiger partial charge in [0.2, 0.25) is 11.2 Å². The van der Waals surface area contributed by atoms with Gasteiger partial charge in [-0.1, -0.05) is 0 Å². The lowest BCUT2D eigenvalue weighted by Gasteiger charge is -2.33. The molecule has 1 aliphatic rings. The van der Waals surface area contributed by atoms with Crippen LogP contribution in [0.4, 0.5) is 5.82 Å². The molecule has 4 aromatic rings. The smallest absolute Gasteiger partial charge is 0.226 e. The third kappa shape index (κ3) is 3.95. The van der Waals surface area contributed by atoms with Gasteiger partial charge in [-0.25, -0.2) is 4.98 Å². The molecule has 3 aromatic heterocycles. The lowest BCUT2D eigenvalue weighted by molar-refractivity contribution is -0.125. The number of anilines is 1. The predicted molar refractivity (Wildman–Crippen MR) is 123 cm³/mol. The number of aromatic amines is 2. The van der Waals surface area contributed by atoms with E-state index < -0.39 is 0 Å². The van der Waals surface area contributed by atoms with Crippen molar-refractivity contribution in [3.05, 3.63) is 41.6 Å². The van der Waals surface area contributed by atoms with E-state index in [0.717, 1.165) is 53.5 Å². The van der Waals surface area contributed by atoms with E-state index in [1.54, 1.807) is 13.4 Å². The molecule has 1 fully saturated rings. The summed E-state index contributed by atoms with van der Waals surface area (Å²) in [7, 11) is 1.66. The summed E-state index contributed by atoms with van der Waals surface area (Å²) in [5.41, 5.74) is 3.48. The van der Waals surface area contributed by atoms with Crippen LogP contribution in [-0.4, -0.2) is 57.6 Å². The number of piperidine rings is 1. The molecule has 0 radical (unpaired) electrons. The number of aromatic nitrogens is 5. The number of carbonyl (C=O) groups excluding carboxylic acids is 1. The van der Waals surface area contributed by atoms with Crippen LogP contribution >= 0.6 is 11.6 Å². The van der Waals surface area contributed by atoms with E-state index in [-0.39, 0.29) is 17.1 Å². The molecule has 1 saturated heterocycles. The third-order valence-corrected chi connectivity index (χ3v) is 6.17. The maximum absolute atomic E-state index is 12.9. The van der Waals surface area contributed by atoms with E-state index in [1.165, 1.54) is 0 Å². The summed E-state index contributed by atoms with van der Waals surface area (Å²) in [5, 5.41) is 4.38. The summed E-state index contributed by atoms with van der Waals surface area (Å²) in [4.78, 5) is 34.1. The fourth-order valence-corrected chi connectivity index (χ4v) is 4.52. The number of hydrogen-bond donors (Lipinski definition) is 3. The highest BCUT2D eigenvalue weighted by Gasteiger charge is 2.28. The molecular weight excluding hydrogens is 430 g/mol. The van der Waals surface area contributed by atoms with Gasteiger partial charge in [0.05, 0.1) is 19.4 Å². The quantitative estimate of drug-likeness (QED) is 0.387. The molecule has 10 heteroatoms. The largest absolute Gasteiger partial charge is 0.497 e. The van der Waals surface area contributed by atoms with E-state index in [1.807, 2.05) is 24.4 Å². The number of methoxy groups -OCH3 is 1. The van der Waals surface area contributed by atoms with Crippen LogP contribution in [0.2, 0.25) is 5.28 Å². The Kier molecular flexibility index (Phi) is 5.57. The molecule has 1 aliphatic heterocycles. The first-order chi connectivity index (χ1) is 15.6. The molecule has 0 unspecified atom stereocenters. The normalized spacial score (nSPS) is 16.6. The van der Waals surface area contributed by atoms with Crippen LogP contribution in [-0.2, 0) is 11.2 Å². The number of carbonyl (C=O) groups is 1. The number of hydrogen-bond acceptors (Lipinski definition) is 6. The molecule has 5 rings (SSSR count). The fraction of sp³-hybridized carbons (Fsp3) is 0.364. The van der Waals surface area contributed by atoms with Gasteiger partial charge in [0.15, 0.2) is 11.5 Å². The first-order valence-corrected chi connectivity index (χ1v) is 11.0. The Morgan fingerprint density at radius 1 is 1.34 bits per heavy atom. The van der Waals surface area contributed by atoms with Crippen molar-refractivity contribution in [3.8, 4) is 5.75 Å². The summed E-state index contributed by atoms with van der Waals surface area (Å²) in [6.45, 7) is 1.96. The number of H-pyrrole nitrogens is 2. The second-order valence-electron chi connectivity index (χ2n) is 7.97. The molecule has 0 spiro atoms. The minimum Gasteiger partial charge on any atom is -0.497 e. The van der Waals surface area contributed by atoms with E-state index in [9.17, 15) is 4.79 Å². The SMILES string of the molecule is COc1ccc2[nH]cc(CCNC(=O)[C@H]3CCCN(c4nc(Cl)nc5nc[nH]c45)C3)c2c1. The molecule has 32 heavy (non-hydrogen) atoms. The standard InChI is InChI=1S/C22H24ClN7O2/c1-32-15-4-5-17-16(9-15)13(10-25-17)6-7-24-21(31)14-3-2-8-30(11-14)20-18-19(27-12-26-18)28-22(23)29-20/h4-5,9-10,12,14,25H,2-3,6-8,11H2,1H3,(H,24,31)(H,26,27,28,29)/t14-/m0/s1. The van der Waals surface area contributed by atoms with Crippen LogP contribution in [0.15, 0.2) is 30.7 Å². The van der Waals surface area contributed by atoms with Crippen molar-refractivity contribution in [3.63, 3.8) is 0 Å². The molecule has 1 atom stereocenters. The number of imidazole rings is 1. The zero-order chi connectivity index (χ0) is 22.1. The van der Waals surface area contributed by atoms with Crippen LogP contribution in [0.1, 0.15) is 18.4 Å². The van der Waals surface area contributed by atoms with Crippen LogP contribution < -0.4 is 15.0 Å². The highest BCUT2D eigenvalue weighted by atomic mass is 35.5. The van der Waals surface area contributed by atoms with Crippen molar-refractivity contribution in [2.24, 2.45) is 5.92 Å². The molecule has 0 aliphatic carbocycles. The summed E-state index contributed by atoms with van der Waals surface area (Å²) < 4.78 is 5.33. The van der Waals surface area contributed by atoms with Crippen molar-refractivity contribution in [2.75, 3.05) is 31.6 Å². The van der Waals surface area contributed by atoms with Gasteiger partial charge in [0.1, 0.15) is 11.3 Å². The molecule has 3 N–H and O–H groups in total. The monoisotopic (exact) mass is 453 g/mol. The summed E-state index contributed by atoms with van der Waals surface area (Å²) >= 11 is 6.08. The highest BCUT2D eigenvalue weighted by molar-refractivity contribution is 6.28. The zero-order valence-corrected chi connectivity index (χ0v) is 18.4. The summed E-state index contributed by atoms with van der Waals surface area (Å²) in [6, 6.07) is 5.95. The molecule has 166 valence electrons. The minimum absolute atomic E-state index is 0.0631. The number of fused-ring (bicyclic) bond motifs is 2. The van der Waals surface area contributed by atoms with E-state index >= 15 is 0 Å². The molecular formula is C22H24ClN7O2. The van der Waals surface area contributed by atoms with Gasteiger partial charge in [-0.15, -0.1) is 0 Å². The number of nitrogens with one attached hydrogen (secondary N) is 3. The Morgan fingerprint density at radius 3 is 3.12 bits per heavy atom. The van der Waals surface area contributed by atoms with Crippen molar-refractivity contribution >= 4 is 45.4 Å². The molecule has 1 amide bonds. The number of rotatable bonds is 6. The molecule has 9 nitrogen and oxygen atoms in total. The van der Waals surface area contributed by atoms with Crippen LogP contribution in [0, 0.1) is 5.92 Å². The second kappa shape index (κ2) is 8.66. The summed E-state index contributed by atoms with van der Waals surface area (Å²) in [5.74, 6) is 1.47. The molecule has 0 bridgehead atoms. The first-order valence-electron chi connectivity index (χ1n) is 10.7. The summed E-state index contributed by atoms with van der Waals surface area (Å²) in [6.07, 6.45) is 6.06. The van der Waals surface area contributed by atoms with Gasteiger partial charge in [-0.05, 0) is 54.6 Å². The Labute approximate surface area is 189 Å². The predicted octanol–water partition coefficient (Wildman–Crippen LogP) is 3.07. The van der Waals surface area contributed by atoms with Crippen LogP contribution in [0.3, 0.4) is 0 Å². The van der Waals surface area contributed by atoms with Gasteiger partial charge >= 0.3 is 0 Å². The average molecular weight is 454 g/mol. The fourth-order valence-electron chi connectivity index (χ4n) is 4.36. The van der Waals surface area contributed by atoms with Crippen molar-refractivity contribution < 1.29 is 9.53 Å². The Morgan fingerprint density at radius 2 is 2.25 bits per heavy atom. The maximum atomic E-state index is 12.9. The Balaban J connectivity index is 1.23. The first kappa shape index (κ1) is 20.6. The van der Waals surface area contributed by atoms with E-state index in [2.05, 4.69) is 35.1 Å². The topological polar surface area (TPSA) is 112 Å². The number of benzene rings is 1. The number of halogens is 1. The molecule has 0 saturated carbocycles. The van der Waals surface area contributed by atoms with Gasteiger partial charge < -0.3 is 24.9 Å². The lowest BCUT2D eigenvalue weighted by atomic mass is 9.97. The van der Waals surface area contributed by atoms with Gasteiger partial charge in [-0.3, -0.25) is 4.79 Å². The number of ether oxygens (including phenoxy) is 1. The molecule has 1 aromatic carbocycles. The highest BCUT2D eigenvalue weighted by Crippen LogP contribution is 2.28. The third-order valence-electron chi connectivity index (χ3n) is 6.00. The zero-order valence-electron chi connectivity index (χ0n) is 17.7. The van der Waals surface area contributed by atoms with Crippen molar-refractivity contribution in [1.82, 2.24) is 30.2 Å². The Bertz CT molecular complexity index is 1270. The van der Waals surface area contributed by atoms with Crippen LogP contribution in [0.5, 0.6) is 5.75 Å². The average Bonchev–Trinajstić information content (AvgIpc) is 3.45. The Hall–Kier alpha value is -3.33. The lowest BCUT2D eigenvalue weighted by Crippen LogP contribution is -2.44. The van der Waals surface area contributed by atoms with Crippen LogP contribution in [0.25, 0.3) is 22.1 Å². The van der Waals surface area contributed by atoms with Gasteiger partial charge in [-0.2, -0.15) is 9.97 Å². The minimum atomic E-state index is -0.112. The number of nitrogens with zero attached hydrogens (tertiary/aromatic N) is 4.